The molecule has 1 fully saturated rings. The predicted octanol–water partition coefficient (Wildman–Crippen LogP) is 1.64. The lowest BCUT2D eigenvalue weighted by Crippen LogP contribution is -2.43. The van der Waals surface area contributed by atoms with Crippen LogP contribution >= 0.6 is 0 Å². The number of likely N-dealkylation sites (tertiary alicyclic amines) is 1. The first-order chi connectivity index (χ1) is 12.2. The van der Waals surface area contributed by atoms with E-state index in [4.69, 9.17) is 18.9 Å². The fourth-order valence-electron chi connectivity index (χ4n) is 3.09. The maximum atomic E-state index is 12.5. The fraction of sp³-hybridized carbons (Fsp3) is 0.556. The Labute approximate surface area is 146 Å². The summed E-state index contributed by atoms with van der Waals surface area (Å²) < 4.78 is 21.7. The quantitative estimate of drug-likeness (QED) is 0.748. The second-order valence-corrected chi connectivity index (χ2v) is 6.04. The van der Waals surface area contributed by atoms with E-state index in [2.05, 4.69) is 0 Å². The highest BCUT2D eigenvalue weighted by molar-refractivity contribution is 5.93. The smallest absolute Gasteiger partial charge is 0.342 e. The Kier molecular flexibility index (Phi) is 5.75. The largest absolute Gasteiger partial charge is 0.486 e. The Hall–Kier alpha value is -2.28. The third-order valence-corrected chi connectivity index (χ3v) is 4.18. The van der Waals surface area contributed by atoms with E-state index in [0.29, 0.717) is 43.4 Å². The minimum atomic E-state index is -0.426. The fourth-order valence-corrected chi connectivity index (χ4v) is 3.09. The number of fused-ring (bicyclic) bond motifs is 1. The first kappa shape index (κ1) is 17.5. The van der Waals surface area contributed by atoms with Crippen molar-refractivity contribution in [2.45, 2.75) is 25.9 Å². The van der Waals surface area contributed by atoms with Gasteiger partial charge >= 0.3 is 11.9 Å². The van der Waals surface area contributed by atoms with Gasteiger partial charge in [-0.2, -0.15) is 0 Å². The van der Waals surface area contributed by atoms with Crippen LogP contribution in [0.2, 0.25) is 0 Å². The molecule has 0 spiro atoms. The number of hydrogen-bond acceptors (Lipinski definition) is 7. The highest BCUT2D eigenvalue weighted by atomic mass is 16.6. The summed E-state index contributed by atoms with van der Waals surface area (Å²) in [5, 5.41) is 0. The number of hydrogen-bond donors (Lipinski definition) is 0. The summed E-state index contributed by atoms with van der Waals surface area (Å²) >= 11 is 0. The molecule has 25 heavy (non-hydrogen) atoms. The van der Waals surface area contributed by atoms with Crippen molar-refractivity contribution in [1.82, 2.24) is 4.90 Å². The number of nitrogens with zero attached hydrogens (tertiary/aromatic N) is 1. The molecule has 0 aliphatic carbocycles. The van der Waals surface area contributed by atoms with E-state index in [9.17, 15) is 9.59 Å². The number of carbonyl (C=O) groups excluding carboxylic acids is 2. The Morgan fingerprint density at radius 3 is 2.96 bits per heavy atom. The number of esters is 2. The van der Waals surface area contributed by atoms with E-state index in [0.717, 1.165) is 19.4 Å². The molecule has 0 radical (unpaired) electrons. The molecule has 2 aliphatic rings. The van der Waals surface area contributed by atoms with Crippen LogP contribution in [0.15, 0.2) is 18.2 Å². The predicted molar refractivity (Wildman–Crippen MR) is 88.9 cm³/mol. The van der Waals surface area contributed by atoms with Gasteiger partial charge in [0.15, 0.2) is 11.5 Å². The van der Waals surface area contributed by atoms with Crippen molar-refractivity contribution in [2.24, 2.45) is 0 Å². The lowest BCUT2D eigenvalue weighted by Gasteiger charge is -2.31. The first-order valence-electron chi connectivity index (χ1n) is 8.65. The normalized spacial score (nSPS) is 20.0. The van der Waals surface area contributed by atoms with Crippen LogP contribution in [0, 0.1) is 0 Å². The summed E-state index contributed by atoms with van der Waals surface area (Å²) in [4.78, 5) is 26.1. The van der Waals surface area contributed by atoms with Crippen LogP contribution in [0.4, 0.5) is 0 Å². The monoisotopic (exact) mass is 349 g/mol. The van der Waals surface area contributed by atoms with E-state index < -0.39 is 5.97 Å². The Morgan fingerprint density at radius 1 is 1.28 bits per heavy atom. The number of para-hydroxylation sites is 1. The summed E-state index contributed by atoms with van der Waals surface area (Å²) in [6, 6.07) is 5.19. The Bertz CT molecular complexity index is 632. The maximum absolute atomic E-state index is 12.5. The van der Waals surface area contributed by atoms with Crippen LogP contribution in [0.1, 0.15) is 30.1 Å². The van der Waals surface area contributed by atoms with Gasteiger partial charge in [0.05, 0.1) is 13.2 Å². The van der Waals surface area contributed by atoms with Crippen LogP contribution in [0.3, 0.4) is 0 Å². The maximum Gasteiger partial charge on any atom is 0.342 e. The standard InChI is InChI=1S/C18H23NO6/c1-2-22-16(20)12-19-8-4-5-13(11-19)25-18(21)14-6-3-7-15-17(14)24-10-9-23-15/h3,6-7,13H,2,4-5,8-12H2,1H3/t13-/m0/s1. The number of carbonyl (C=O) groups is 2. The zero-order valence-electron chi connectivity index (χ0n) is 14.4. The van der Waals surface area contributed by atoms with Crippen molar-refractivity contribution in [3.63, 3.8) is 0 Å². The van der Waals surface area contributed by atoms with Gasteiger partial charge in [0, 0.05) is 6.54 Å². The zero-order chi connectivity index (χ0) is 17.6. The Morgan fingerprint density at radius 2 is 2.12 bits per heavy atom. The molecule has 0 bridgehead atoms. The summed E-state index contributed by atoms with van der Waals surface area (Å²) in [6.45, 7) is 4.57. The molecule has 0 saturated carbocycles. The molecule has 1 aromatic rings. The second-order valence-electron chi connectivity index (χ2n) is 6.04. The molecule has 1 aromatic carbocycles. The molecule has 2 aliphatic heterocycles. The van der Waals surface area contributed by atoms with Gasteiger partial charge < -0.3 is 18.9 Å². The van der Waals surface area contributed by atoms with E-state index in [1.165, 1.54) is 0 Å². The third-order valence-electron chi connectivity index (χ3n) is 4.18. The number of piperidine rings is 1. The minimum Gasteiger partial charge on any atom is -0.486 e. The van der Waals surface area contributed by atoms with Crippen molar-refractivity contribution in [2.75, 3.05) is 39.5 Å². The molecule has 2 heterocycles. The molecule has 3 rings (SSSR count). The van der Waals surface area contributed by atoms with E-state index >= 15 is 0 Å². The molecule has 0 amide bonds. The molecule has 1 atom stereocenters. The van der Waals surface area contributed by atoms with Crippen LogP contribution in [-0.2, 0) is 14.3 Å². The highest BCUT2D eigenvalue weighted by Gasteiger charge is 2.27. The molecule has 0 N–H and O–H groups in total. The molecule has 136 valence electrons. The van der Waals surface area contributed by atoms with Crippen molar-refractivity contribution in [1.29, 1.82) is 0 Å². The summed E-state index contributed by atoms with van der Waals surface area (Å²) in [6.07, 6.45) is 1.39. The topological polar surface area (TPSA) is 74.3 Å². The van der Waals surface area contributed by atoms with Crippen LogP contribution < -0.4 is 9.47 Å². The molecule has 7 nitrogen and oxygen atoms in total. The van der Waals surface area contributed by atoms with Gasteiger partial charge in [-0.25, -0.2) is 4.79 Å². The van der Waals surface area contributed by atoms with Gasteiger partial charge in [-0.15, -0.1) is 0 Å². The number of benzene rings is 1. The summed E-state index contributed by atoms with van der Waals surface area (Å²) in [5.74, 6) is 0.328. The molecule has 0 unspecified atom stereocenters. The van der Waals surface area contributed by atoms with Crippen molar-refractivity contribution >= 4 is 11.9 Å². The minimum absolute atomic E-state index is 0.222. The number of rotatable bonds is 5. The number of ether oxygens (including phenoxy) is 4. The molecule has 0 aromatic heterocycles. The van der Waals surface area contributed by atoms with Crippen molar-refractivity contribution in [3.8, 4) is 11.5 Å². The molecule has 1 saturated heterocycles. The van der Waals surface area contributed by atoms with E-state index in [1.54, 1.807) is 25.1 Å². The van der Waals surface area contributed by atoms with E-state index in [-0.39, 0.29) is 18.6 Å². The average Bonchev–Trinajstić information content (AvgIpc) is 2.61. The highest BCUT2D eigenvalue weighted by Crippen LogP contribution is 2.34. The summed E-state index contributed by atoms with van der Waals surface area (Å²) in [7, 11) is 0. The zero-order valence-corrected chi connectivity index (χ0v) is 14.4. The van der Waals surface area contributed by atoms with E-state index in [1.807, 2.05) is 4.90 Å². The van der Waals surface area contributed by atoms with Crippen LogP contribution in [-0.4, -0.2) is 62.4 Å². The van der Waals surface area contributed by atoms with Gasteiger partial charge in [-0.05, 0) is 38.4 Å². The van der Waals surface area contributed by atoms with Gasteiger partial charge in [0.25, 0.3) is 0 Å². The van der Waals surface area contributed by atoms with Crippen LogP contribution in [0.25, 0.3) is 0 Å². The lowest BCUT2D eigenvalue weighted by molar-refractivity contribution is -0.145. The van der Waals surface area contributed by atoms with Crippen molar-refractivity contribution < 1.29 is 28.5 Å². The van der Waals surface area contributed by atoms with Gasteiger partial charge in [0.1, 0.15) is 24.9 Å². The van der Waals surface area contributed by atoms with Gasteiger partial charge in [-0.1, -0.05) is 6.07 Å². The molecule has 7 heteroatoms. The van der Waals surface area contributed by atoms with Crippen LogP contribution in [0.5, 0.6) is 11.5 Å². The first-order valence-corrected chi connectivity index (χ1v) is 8.65. The Balaban J connectivity index is 1.60. The van der Waals surface area contributed by atoms with Crippen molar-refractivity contribution in [3.05, 3.63) is 23.8 Å². The summed E-state index contributed by atoms with van der Waals surface area (Å²) in [5.41, 5.74) is 0.375. The average molecular weight is 349 g/mol. The molecular weight excluding hydrogens is 326 g/mol. The SMILES string of the molecule is CCOC(=O)CN1CCC[C@H](OC(=O)c2cccc3c2OCCO3)C1. The van der Waals surface area contributed by atoms with Gasteiger partial charge in [0.2, 0.25) is 0 Å². The second kappa shape index (κ2) is 8.20. The van der Waals surface area contributed by atoms with Gasteiger partial charge in [-0.3, -0.25) is 9.69 Å². The third kappa shape index (κ3) is 4.42. The molecular formula is C18H23NO6. The lowest BCUT2D eigenvalue weighted by atomic mass is 10.1.